The zero-order chi connectivity index (χ0) is 9.42. The highest BCUT2D eigenvalue weighted by molar-refractivity contribution is 5.77. The van der Waals surface area contributed by atoms with Crippen molar-refractivity contribution in [2.24, 2.45) is 0 Å². The Bertz CT molecular complexity index is 215. The molecule has 0 aromatic carbocycles. The number of hydrogen-bond donors (Lipinski definition) is 1. The van der Waals surface area contributed by atoms with E-state index in [0.717, 1.165) is 6.54 Å². The average molecular weight is 182 g/mol. The summed E-state index contributed by atoms with van der Waals surface area (Å²) in [4.78, 5) is 13.8. The number of carbonyl (C=O) groups excluding carboxylic acids is 1. The second-order valence-electron chi connectivity index (χ2n) is 4.43. The molecular formula is C10H18N2O. The number of nitrogens with one attached hydrogen (secondary N) is 1. The number of rotatable bonds is 1. The third-order valence-corrected chi connectivity index (χ3v) is 3.23. The fourth-order valence-electron chi connectivity index (χ4n) is 2.76. The van der Waals surface area contributed by atoms with Crippen LogP contribution >= 0.6 is 0 Å². The van der Waals surface area contributed by atoms with Crippen molar-refractivity contribution in [2.75, 3.05) is 6.54 Å². The monoisotopic (exact) mass is 182 g/mol. The van der Waals surface area contributed by atoms with E-state index in [4.69, 9.17) is 0 Å². The summed E-state index contributed by atoms with van der Waals surface area (Å²) in [6.45, 7) is 5.30. The van der Waals surface area contributed by atoms with Gasteiger partial charge in [-0.3, -0.25) is 9.69 Å². The minimum Gasteiger partial charge on any atom is -0.354 e. The van der Waals surface area contributed by atoms with Gasteiger partial charge in [-0.2, -0.15) is 0 Å². The molecule has 3 heteroatoms. The Balaban J connectivity index is 2.15. The molecular weight excluding hydrogens is 164 g/mol. The van der Waals surface area contributed by atoms with Crippen molar-refractivity contribution < 1.29 is 4.79 Å². The van der Waals surface area contributed by atoms with Gasteiger partial charge < -0.3 is 5.32 Å². The molecule has 1 N–H and O–H groups in total. The molecule has 1 amide bonds. The van der Waals surface area contributed by atoms with Gasteiger partial charge >= 0.3 is 0 Å². The van der Waals surface area contributed by atoms with Crippen LogP contribution in [0.5, 0.6) is 0 Å². The zero-order valence-corrected chi connectivity index (χ0v) is 8.42. The van der Waals surface area contributed by atoms with Gasteiger partial charge in [0.1, 0.15) is 0 Å². The van der Waals surface area contributed by atoms with Gasteiger partial charge in [-0.1, -0.05) is 0 Å². The van der Waals surface area contributed by atoms with E-state index >= 15 is 0 Å². The predicted octanol–water partition coefficient (Wildman–Crippen LogP) is 0.748. The van der Waals surface area contributed by atoms with E-state index in [1.807, 2.05) is 0 Å². The van der Waals surface area contributed by atoms with Crippen LogP contribution in [-0.2, 0) is 4.79 Å². The molecule has 0 aromatic heterocycles. The van der Waals surface area contributed by atoms with E-state index in [9.17, 15) is 4.79 Å². The summed E-state index contributed by atoms with van der Waals surface area (Å²) in [5.41, 5.74) is 0. The molecule has 0 radical (unpaired) electrons. The first kappa shape index (κ1) is 9.00. The fraction of sp³-hybridized carbons (Fsp3) is 0.900. The van der Waals surface area contributed by atoms with Gasteiger partial charge in [0.2, 0.25) is 5.91 Å². The summed E-state index contributed by atoms with van der Waals surface area (Å²) in [5, 5.41) is 2.98. The molecule has 2 bridgehead atoms. The molecule has 0 aromatic rings. The fourth-order valence-corrected chi connectivity index (χ4v) is 2.76. The van der Waals surface area contributed by atoms with Gasteiger partial charge in [0.15, 0.2) is 0 Å². The maximum Gasteiger partial charge on any atom is 0.221 e. The van der Waals surface area contributed by atoms with E-state index in [1.54, 1.807) is 0 Å². The largest absolute Gasteiger partial charge is 0.354 e. The lowest BCUT2D eigenvalue weighted by atomic mass is 10.1. The molecule has 0 saturated carbocycles. The number of nitrogens with zero attached hydrogens (tertiary/aromatic N) is 1. The number of hydrogen-bond acceptors (Lipinski definition) is 2. The van der Waals surface area contributed by atoms with Crippen LogP contribution in [0.4, 0.5) is 0 Å². The van der Waals surface area contributed by atoms with E-state index in [0.29, 0.717) is 24.5 Å². The number of carbonyl (C=O) groups is 1. The van der Waals surface area contributed by atoms with Crippen LogP contribution in [0.15, 0.2) is 0 Å². The van der Waals surface area contributed by atoms with Crippen LogP contribution in [0.1, 0.15) is 33.1 Å². The molecule has 74 valence electrons. The number of amides is 1. The third-order valence-electron chi connectivity index (χ3n) is 3.23. The maximum atomic E-state index is 11.3. The molecule has 2 aliphatic heterocycles. The summed E-state index contributed by atoms with van der Waals surface area (Å²) >= 11 is 0. The minimum atomic E-state index is 0.234. The van der Waals surface area contributed by atoms with E-state index in [1.165, 1.54) is 12.8 Å². The highest BCUT2D eigenvalue weighted by atomic mass is 16.1. The van der Waals surface area contributed by atoms with Crippen molar-refractivity contribution in [2.45, 2.75) is 51.2 Å². The molecule has 2 aliphatic rings. The van der Waals surface area contributed by atoms with Gasteiger partial charge in [-0.05, 0) is 26.7 Å². The van der Waals surface area contributed by atoms with E-state index in [-0.39, 0.29) is 5.91 Å². The highest BCUT2D eigenvalue weighted by Crippen LogP contribution is 2.29. The molecule has 13 heavy (non-hydrogen) atoms. The Kier molecular flexibility index (Phi) is 2.28. The molecule has 2 heterocycles. The maximum absolute atomic E-state index is 11.3. The van der Waals surface area contributed by atoms with Crippen LogP contribution in [0, 0.1) is 0 Å². The standard InChI is InChI=1S/C10H18N2O/c1-7(2)12-8-3-4-9(12)6-11-10(13)5-8/h7-9H,3-6H2,1-2H3,(H,11,13). The number of fused-ring (bicyclic) bond motifs is 2. The smallest absolute Gasteiger partial charge is 0.221 e. The van der Waals surface area contributed by atoms with Gasteiger partial charge in [0.25, 0.3) is 0 Å². The lowest BCUT2D eigenvalue weighted by Crippen LogP contribution is -2.42. The van der Waals surface area contributed by atoms with Gasteiger partial charge in [-0.15, -0.1) is 0 Å². The Morgan fingerprint density at radius 1 is 1.38 bits per heavy atom. The van der Waals surface area contributed by atoms with Crippen molar-refractivity contribution in [3.05, 3.63) is 0 Å². The summed E-state index contributed by atoms with van der Waals surface area (Å²) < 4.78 is 0. The van der Waals surface area contributed by atoms with Gasteiger partial charge in [0, 0.05) is 31.1 Å². The van der Waals surface area contributed by atoms with Crippen LogP contribution in [0.3, 0.4) is 0 Å². The second kappa shape index (κ2) is 3.29. The first-order valence-corrected chi connectivity index (χ1v) is 5.22. The summed E-state index contributed by atoms with van der Waals surface area (Å²) in [6.07, 6.45) is 3.16. The zero-order valence-electron chi connectivity index (χ0n) is 8.42. The highest BCUT2D eigenvalue weighted by Gasteiger charge is 2.38. The van der Waals surface area contributed by atoms with Gasteiger partial charge in [0.05, 0.1) is 0 Å². The summed E-state index contributed by atoms with van der Waals surface area (Å²) in [5.74, 6) is 0.234. The lowest BCUT2D eigenvalue weighted by Gasteiger charge is -2.30. The van der Waals surface area contributed by atoms with Crippen molar-refractivity contribution in [3.8, 4) is 0 Å². The van der Waals surface area contributed by atoms with Gasteiger partial charge in [-0.25, -0.2) is 0 Å². The average Bonchev–Trinajstić information content (AvgIpc) is 2.34. The van der Waals surface area contributed by atoms with Crippen molar-refractivity contribution in [1.29, 1.82) is 0 Å². The predicted molar refractivity (Wildman–Crippen MR) is 51.4 cm³/mol. The first-order chi connectivity index (χ1) is 6.18. The normalized spacial score (nSPS) is 34.8. The van der Waals surface area contributed by atoms with Crippen molar-refractivity contribution in [1.82, 2.24) is 10.2 Å². The minimum absolute atomic E-state index is 0.234. The topological polar surface area (TPSA) is 32.3 Å². The third kappa shape index (κ3) is 1.57. The Morgan fingerprint density at radius 2 is 2.08 bits per heavy atom. The SMILES string of the molecule is CC(C)N1C2CCC1CC(=O)NC2. The van der Waals surface area contributed by atoms with Crippen molar-refractivity contribution in [3.63, 3.8) is 0 Å². The lowest BCUT2D eigenvalue weighted by molar-refractivity contribution is -0.121. The Labute approximate surface area is 79.5 Å². The molecule has 2 atom stereocenters. The van der Waals surface area contributed by atoms with Crippen LogP contribution < -0.4 is 5.32 Å². The summed E-state index contributed by atoms with van der Waals surface area (Å²) in [7, 11) is 0. The van der Waals surface area contributed by atoms with E-state index in [2.05, 4.69) is 24.1 Å². The molecule has 2 rings (SSSR count). The van der Waals surface area contributed by atoms with Crippen LogP contribution in [0.2, 0.25) is 0 Å². The molecule has 0 spiro atoms. The first-order valence-electron chi connectivity index (χ1n) is 5.22. The van der Waals surface area contributed by atoms with Crippen LogP contribution in [-0.4, -0.2) is 35.5 Å². The molecule has 3 nitrogen and oxygen atoms in total. The molecule has 2 unspecified atom stereocenters. The van der Waals surface area contributed by atoms with Crippen LogP contribution in [0.25, 0.3) is 0 Å². The Morgan fingerprint density at radius 3 is 2.77 bits per heavy atom. The quantitative estimate of drug-likeness (QED) is 0.649. The molecule has 2 saturated heterocycles. The van der Waals surface area contributed by atoms with Crippen molar-refractivity contribution >= 4 is 5.91 Å². The molecule has 2 fully saturated rings. The summed E-state index contributed by atoms with van der Waals surface area (Å²) in [6, 6.07) is 1.68. The molecule has 0 aliphatic carbocycles. The Hall–Kier alpha value is -0.570. The second-order valence-corrected chi connectivity index (χ2v) is 4.43. The van der Waals surface area contributed by atoms with E-state index < -0.39 is 0 Å².